The lowest BCUT2D eigenvalue weighted by molar-refractivity contribution is -0.126. The first-order valence-electron chi connectivity index (χ1n) is 7.10. The van der Waals surface area contributed by atoms with E-state index in [1.165, 1.54) is 0 Å². The Labute approximate surface area is 144 Å². The fraction of sp³-hybridized carbons (Fsp3) is 0.176. The van der Waals surface area contributed by atoms with Gasteiger partial charge in [0.15, 0.2) is 0 Å². The molecule has 2 rings (SSSR count). The summed E-state index contributed by atoms with van der Waals surface area (Å²) < 4.78 is 0. The molecular formula is C17H16Cl2N2O2. The van der Waals surface area contributed by atoms with Gasteiger partial charge in [0.1, 0.15) is 6.42 Å². The summed E-state index contributed by atoms with van der Waals surface area (Å²) in [6.07, 6.45) is 0.402. The van der Waals surface area contributed by atoms with Crippen molar-refractivity contribution in [1.29, 1.82) is 0 Å². The van der Waals surface area contributed by atoms with Gasteiger partial charge in [0, 0.05) is 11.6 Å². The molecule has 0 aliphatic heterocycles. The van der Waals surface area contributed by atoms with Gasteiger partial charge in [-0.1, -0.05) is 47.5 Å². The molecule has 2 aromatic carbocycles. The smallest absolute Gasteiger partial charge is 0.233 e. The molecule has 6 heteroatoms. The van der Waals surface area contributed by atoms with Crippen LogP contribution in [0.2, 0.25) is 10.0 Å². The molecule has 0 unspecified atom stereocenters. The first kappa shape index (κ1) is 17.3. The van der Waals surface area contributed by atoms with Crippen molar-refractivity contribution in [1.82, 2.24) is 5.32 Å². The van der Waals surface area contributed by atoms with E-state index in [-0.39, 0.29) is 12.3 Å². The summed E-state index contributed by atoms with van der Waals surface area (Å²) in [5, 5.41) is 6.41. The average Bonchev–Trinajstić information content (AvgIpc) is 2.49. The summed E-state index contributed by atoms with van der Waals surface area (Å²) >= 11 is 11.8. The normalized spacial score (nSPS) is 10.2. The minimum atomic E-state index is -0.404. The molecule has 0 saturated carbocycles. The van der Waals surface area contributed by atoms with Crippen LogP contribution in [0.5, 0.6) is 0 Å². The molecule has 0 aliphatic rings. The van der Waals surface area contributed by atoms with Crippen LogP contribution in [0.15, 0.2) is 48.5 Å². The monoisotopic (exact) mass is 350 g/mol. The summed E-state index contributed by atoms with van der Waals surface area (Å²) in [5.41, 5.74) is 1.52. The van der Waals surface area contributed by atoms with E-state index in [1.54, 1.807) is 30.3 Å². The SMILES string of the molecule is O=C(CC(=O)Nc1ccccc1Cl)NCCc1cccc(Cl)c1. The molecular weight excluding hydrogens is 335 g/mol. The molecule has 0 bridgehead atoms. The maximum Gasteiger partial charge on any atom is 0.233 e. The van der Waals surface area contributed by atoms with Crippen molar-refractivity contribution in [3.05, 3.63) is 64.1 Å². The van der Waals surface area contributed by atoms with Crippen LogP contribution in [-0.4, -0.2) is 18.4 Å². The molecule has 2 N–H and O–H groups in total. The van der Waals surface area contributed by atoms with Crippen LogP contribution in [0.1, 0.15) is 12.0 Å². The maximum absolute atomic E-state index is 11.8. The van der Waals surface area contributed by atoms with Gasteiger partial charge in [-0.15, -0.1) is 0 Å². The number of rotatable bonds is 6. The zero-order valence-corrected chi connectivity index (χ0v) is 13.8. The predicted octanol–water partition coefficient (Wildman–Crippen LogP) is 3.68. The van der Waals surface area contributed by atoms with Gasteiger partial charge < -0.3 is 10.6 Å². The topological polar surface area (TPSA) is 58.2 Å². The number of carbonyl (C=O) groups excluding carboxylic acids is 2. The summed E-state index contributed by atoms with van der Waals surface area (Å²) in [6.45, 7) is 0.443. The number of hydrogen-bond acceptors (Lipinski definition) is 2. The van der Waals surface area contributed by atoms with E-state index >= 15 is 0 Å². The number of nitrogens with one attached hydrogen (secondary N) is 2. The van der Waals surface area contributed by atoms with Crippen molar-refractivity contribution >= 4 is 40.7 Å². The minimum Gasteiger partial charge on any atom is -0.355 e. The van der Waals surface area contributed by atoms with Gasteiger partial charge in [0.25, 0.3) is 0 Å². The number of hydrogen-bond donors (Lipinski definition) is 2. The van der Waals surface area contributed by atoms with Crippen LogP contribution in [0.3, 0.4) is 0 Å². The fourth-order valence-corrected chi connectivity index (χ4v) is 2.40. The van der Waals surface area contributed by atoms with E-state index in [1.807, 2.05) is 18.2 Å². The first-order valence-corrected chi connectivity index (χ1v) is 7.86. The first-order chi connectivity index (χ1) is 11.0. The molecule has 4 nitrogen and oxygen atoms in total. The number of anilines is 1. The quantitative estimate of drug-likeness (QED) is 0.780. The Kier molecular flexibility index (Phi) is 6.44. The van der Waals surface area contributed by atoms with Crippen LogP contribution >= 0.6 is 23.2 Å². The lowest BCUT2D eigenvalue weighted by Gasteiger charge is -2.08. The predicted molar refractivity (Wildman–Crippen MR) is 92.9 cm³/mol. The van der Waals surface area contributed by atoms with Crippen molar-refractivity contribution in [3.8, 4) is 0 Å². The molecule has 0 heterocycles. The van der Waals surface area contributed by atoms with Gasteiger partial charge in [-0.3, -0.25) is 9.59 Å². The molecule has 0 saturated heterocycles. The van der Waals surface area contributed by atoms with Crippen molar-refractivity contribution < 1.29 is 9.59 Å². The minimum absolute atomic E-state index is 0.249. The van der Waals surface area contributed by atoms with Crippen LogP contribution < -0.4 is 10.6 Å². The Balaban J connectivity index is 1.74. The largest absolute Gasteiger partial charge is 0.355 e. The molecule has 0 atom stereocenters. The number of carbonyl (C=O) groups is 2. The summed E-state index contributed by atoms with van der Waals surface area (Å²) in [6, 6.07) is 14.3. The lowest BCUT2D eigenvalue weighted by Crippen LogP contribution is -2.29. The molecule has 0 spiro atoms. The number of para-hydroxylation sites is 1. The van der Waals surface area contributed by atoms with E-state index < -0.39 is 5.91 Å². The summed E-state index contributed by atoms with van der Waals surface area (Å²) in [5.74, 6) is -0.741. The second-order valence-corrected chi connectivity index (χ2v) is 5.78. The Morgan fingerprint density at radius 2 is 1.74 bits per heavy atom. The maximum atomic E-state index is 11.8. The fourth-order valence-electron chi connectivity index (χ4n) is 2.00. The second-order valence-electron chi connectivity index (χ2n) is 4.93. The van der Waals surface area contributed by atoms with E-state index in [9.17, 15) is 9.59 Å². The molecule has 23 heavy (non-hydrogen) atoms. The zero-order chi connectivity index (χ0) is 16.7. The van der Waals surface area contributed by atoms with Gasteiger partial charge in [-0.2, -0.15) is 0 Å². The molecule has 0 fully saturated rings. The Bertz CT molecular complexity index is 704. The Morgan fingerprint density at radius 1 is 0.957 bits per heavy atom. The molecule has 0 aliphatic carbocycles. The van der Waals surface area contributed by atoms with Crippen LogP contribution in [0.25, 0.3) is 0 Å². The third-order valence-corrected chi connectivity index (χ3v) is 3.66. The van der Waals surface area contributed by atoms with E-state index in [4.69, 9.17) is 23.2 Å². The van der Waals surface area contributed by atoms with Gasteiger partial charge in [-0.05, 0) is 36.2 Å². The van der Waals surface area contributed by atoms with E-state index in [0.29, 0.717) is 28.7 Å². The highest BCUT2D eigenvalue weighted by Crippen LogP contribution is 2.20. The highest BCUT2D eigenvalue weighted by molar-refractivity contribution is 6.33. The average molecular weight is 351 g/mol. The lowest BCUT2D eigenvalue weighted by atomic mass is 10.1. The van der Waals surface area contributed by atoms with Gasteiger partial charge in [0.05, 0.1) is 10.7 Å². The zero-order valence-electron chi connectivity index (χ0n) is 12.3. The van der Waals surface area contributed by atoms with Crippen LogP contribution in [-0.2, 0) is 16.0 Å². The highest BCUT2D eigenvalue weighted by atomic mass is 35.5. The number of halogens is 2. The molecule has 0 radical (unpaired) electrons. The van der Waals surface area contributed by atoms with Crippen molar-refractivity contribution in [3.63, 3.8) is 0 Å². The molecule has 2 amide bonds. The Hall–Kier alpha value is -2.04. The standard InChI is InChI=1S/C17H16Cl2N2O2/c18-13-5-3-4-12(10-13)8-9-20-16(22)11-17(23)21-15-7-2-1-6-14(15)19/h1-7,10H,8-9,11H2,(H,20,22)(H,21,23). The third kappa shape index (κ3) is 5.93. The number of amides is 2. The third-order valence-electron chi connectivity index (χ3n) is 3.09. The molecule has 0 aromatic heterocycles. The van der Waals surface area contributed by atoms with Crippen LogP contribution in [0.4, 0.5) is 5.69 Å². The van der Waals surface area contributed by atoms with Crippen molar-refractivity contribution in [2.45, 2.75) is 12.8 Å². The highest BCUT2D eigenvalue weighted by Gasteiger charge is 2.10. The van der Waals surface area contributed by atoms with Crippen molar-refractivity contribution in [2.75, 3.05) is 11.9 Å². The van der Waals surface area contributed by atoms with Gasteiger partial charge in [0.2, 0.25) is 11.8 Å². The van der Waals surface area contributed by atoms with E-state index in [0.717, 1.165) is 5.56 Å². The number of benzene rings is 2. The summed E-state index contributed by atoms with van der Waals surface area (Å²) in [7, 11) is 0. The summed E-state index contributed by atoms with van der Waals surface area (Å²) in [4.78, 5) is 23.6. The van der Waals surface area contributed by atoms with E-state index in [2.05, 4.69) is 10.6 Å². The second kappa shape index (κ2) is 8.56. The molecule has 120 valence electrons. The van der Waals surface area contributed by atoms with Crippen molar-refractivity contribution in [2.24, 2.45) is 0 Å². The van der Waals surface area contributed by atoms with Gasteiger partial charge in [-0.25, -0.2) is 0 Å². The van der Waals surface area contributed by atoms with Crippen LogP contribution in [0, 0.1) is 0 Å². The Morgan fingerprint density at radius 3 is 2.48 bits per heavy atom. The molecule has 2 aromatic rings. The van der Waals surface area contributed by atoms with Gasteiger partial charge >= 0.3 is 0 Å².